The van der Waals surface area contributed by atoms with Crippen LogP contribution in [-0.2, 0) is 10.0 Å². The molecule has 0 spiro atoms. The molecule has 3 atom stereocenters. The molecule has 5 nitrogen and oxygen atoms in total. The Hall–Kier alpha value is -0.890. The lowest BCUT2D eigenvalue weighted by Gasteiger charge is -2.37. The second-order valence-electron chi connectivity index (χ2n) is 7.58. The lowest BCUT2D eigenvalue weighted by atomic mass is 9.95. The number of nitrogens with one attached hydrogen (secondary N) is 1. The van der Waals surface area contributed by atoms with Crippen LogP contribution in [0.4, 0.5) is 0 Å². The lowest BCUT2D eigenvalue weighted by molar-refractivity contribution is 0.258. The zero-order valence-electron chi connectivity index (χ0n) is 14.6. The van der Waals surface area contributed by atoms with E-state index in [-0.39, 0.29) is 4.90 Å². The van der Waals surface area contributed by atoms with Gasteiger partial charge in [0.05, 0.1) is 4.90 Å². The normalized spacial score (nSPS) is 29.1. The van der Waals surface area contributed by atoms with Crippen LogP contribution in [0.2, 0.25) is 5.02 Å². The van der Waals surface area contributed by atoms with Crippen LogP contribution in [0.1, 0.15) is 25.7 Å². The average Bonchev–Trinajstić information content (AvgIpc) is 3.25. The highest BCUT2D eigenvalue weighted by atomic mass is 35.5. The Morgan fingerprint density at radius 2 is 1.77 bits per heavy atom. The molecule has 3 fully saturated rings. The van der Waals surface area contributed by atoms with Gasteiger partial charge in [0.15, 0.2) is 5.11 Å². The summed E-state index contributed by atoms with van der Waals surface area (Å²) >= 11 is 11.5. The summed E-state index contributed by atoms with van der Waals surface area (Å²) in [5, 5.41) is 4.86. The van der Waals surface area contributed by atoms with Crippen LogP contribution < -0.4 is 5.32 Å². The van der Waals surface area contributed by atoms with Crippen molar-refractivity contribution in [2.24, 2.45) is 11.8 Å². The number of rotatable bonds is 3. The number of fused-ring (bicyclic) bond motifs is 2. The molecule has 1 N–H and O–H groups in total. The summed E-state index contributed by atoms with van der Waals surface area (Å²) in [4.78, 5) is 2.40. The maximum atomic E-state index is 12.8. The molecular weight excluding hydrogens is 390 g/mol. The molecule has 1 saturated heterocycles. The summed E-state index contributed by atoms with van der Waals surface area (Å²) in [7, 11) is -3.47. The monoisotopic (exact) mass is 413 g/mol. The summed E-state index contributed by atoms with van der Waals surface area (Å²) in [6.45, 7) is 2.14. The van der Waals surface area contributed by atoms with Crippen LogP contribution in [0.15, 0.2) is 29.2 Å². The van der Waals surface area contributed by atoms with Crippen molar-refractivity contribution in [3.8, 4) is 0 Å². The molecule has 3 aliphatic rings. The number of sulfonamides is 1. The number of halogens is 1. The van der Waals surface area contributed by atoms with E-state index in [2.05, 4.69) is 10.2 Å². The Morgan fingerprint density at radius 1 is 1.08 bits per heavy atom. The van der Waals surface area contributed by atoms with Crippen molar-refractivity contribution in [1.82, 2.24) is 14.5 Å². The second-order valence-corrected chi connectivity index (χ2v) is 10.3. The number of benzene rings is 1. The topological polar surface area (TPSA) is 52.7 Å². The SMILES string of the molecule is O=S(=O)(c1ccc(Cl)cc1)N1CCN(C(=S)N[C@H]2C[C@H]3CC[C@H]2C3)CC1. The first-order valence-electron chi connectivity index (χ1n) is 9.24. The van der Waals surface area contributed by atoms with E-state index in [4.69, 9.17) is 23.8 Å². The molecule has 0 aromatic heterocycles. The van der Waals surface area contributed by atoms with E-state index in [0.29, 0.717) is 37.2 Å². The van der Waals surface area contributed by atoms with Crippen molar-refractivity contribution < 1.29 is 8.42 Å². The molecule has 0 amide bonds. The van der Waals surface area contributed by atoms with Crippen LogP contribution in [0.3, 0.4) is 0 Å². The van der Waals surface area contributed by atoms with E-state index < -0.39 is 10.0 Å². The zero-order chi connectivity index (χ0) is 18.3. The molecule has 26 heavy (non-hydrogen) atoms. The molecular formula is C18H24ClN3O2S2. The minimum absolute atomic E-state index is 0.290. The second kappa shape index (κ2) is 7.26. The standard InChI is InChI=1S/C18H24ClN3O2S2/c19-15-3-5-16(6-4-15)26(23,24)22-9-7-21(8-10-22)18(25)20-17-12-13-1-2-14(17)11-13/h3-6,13-14,17H,1-2,7-12H2,(H,20,25)/t13-,14-,17-/m0/s1. The number of hydrogen-bond acceptors (Lipinski definition) is 3. The zero-order valence-corrected chi connectivity index (χ0v) is 17.0. The van der Waals surface area contributed by atoms with Gasteiger partial charge in [-0.3, -0.25) is 0 Å². The third kappa shape index (κ3) is 3.59. The van der Waals surface area contributed by atoms with E-state index in [9.17, 15) is 8.42 Å². The minimum Gasteiger partial charge on any atom is -0.360 e. The Balaban J connectivity index is 1.33. The summed E-state index contributed by atoms with van der Waals surface area (Å²) in [5.74, 6) is 1.64. The fourth-order valence-electron chi connectivity index (χ4n) is 4.56. The molecule has 0 unspecified atom stereocenters. The van der Waals surface area contributed by atoms with Gasteiger partial charge in [0.1, 0.15) is 0 Å². The molecule has 0 radical (unpaired) electrons. The maximum Gasteiger partial charge on any atom is 0.243 e. The van der Waals surface area contributed by atoms with Crippen LogP contribution in [0, 0.1) is 11.8 Å². The molecule has 1 aliphatic heterocycles. The largest absolute Gasteiger partial charge is 0.360 e. The third-order valence-corrected chi connectivity index (χ3v) is 8.57. The van der Waals surface area contributed by atoms with Gasteiger partial charge in [-0.15, -0.1) is 0 Å². The van der Waals surface area contributed by atoms with Crippen molar-refractivity contribution in [2.45, 2.75) is 36.6 Å². The van der Waals surface area contributed by atoms with E-state index in [1.165, 1.54) is 30.0 Å². The molecule has 4 rings (SSSR count). The highest BCUT2D eigenvalue weighted by Gasteiger charge is 2.40. The number of hydrogen-bond donors (Lipinski definition) is 1. The number of piperazine rings is 1. The van der Waals surface area contributed by atoms with Crippen LogP contribution in [-0.4, -0.2) is 55.0 Å². The van der Waals surface area contributed by atoms with Gasteiger partial charge < -0.3 is 10.2 Å². The Labute approximate surface area is 165 Å². The first kappa shape index (κ1) is 18.5. The first-order valence-corrected chi connectivity index (χ1v) is 11.5. The van der Waals surface area contributed by atoms with Crippen LogP contribution in [0.25, 0.3) is 0 Å². The van der Waals surface area contributed by atoms with Gasteiger partial charge in [0, 0.05) is 37.2 Å². The van der Waals surface area contributed by atoms with Crippen molar-refractivity contribution in [2.75, 3.05) is 26.2 Å². The fraction of sp³-hybridized carbons (Fsp3) is 0.611. The summed E-state index contributed by atoms with van der Waals surface area (Å²) in [6, 6.07) is 6.85. The third-order valence-electron chi connectivity index (χ3n) is 6.02. The fourth-order valence-corrected chi connectivity index (χ4v) is 6.44. The van der Waals surface area contributed by atoms with Gasteiger partial charge >= 0.3 is 0 Å². The maximum absolute atomic E-state index is 12.8. The molecule has 1 aromatic rings. The average molecular weight is 414 g/mol. The van der Waals surface area contributed by atoms with E-state index in [1.807, 2.05) is 0 Å². The first-order chi connectivity index (χ1) is 12.4. The van der Waals surface area contributed by atoms with Gasteiger partial charge in [-0.2, -0.15) is 4.31 Å². The van der Waals surface area contributed by atoms with Gasteiger partial charge in [-0.25, -0.2) is 8.42 Å². The molecule has 142 valence electrons. The Bertz CT molecular complexity index is 776. The van der Waals surface area contributed by atoms with Gasteiger partial charge in [-0.1, -0.05) is 18.0 Å². The molecule has 1 heterocycles. The van der Waals surface area contributed by atoms with Crippen molar-refractivity contribution in [1.29, 1.82) is 0 Å². The number of thiocarbonyl (C=S) groups is 1. The van der Waals surface area contributed by atoms with E-state index in [1.54, 1.807) is 24.3 Å². The summed E-state index contributed by atoms with van der Waals surface area (Å²) in [5.41, 5.74) is 0. The summed E-state index contributed by atoms with van der Waals surface area (Å²) < 4.78 is 27.0. The Morgan fingerprint density at radius 3 is 2.35 bits per heavy atom. The van der Waals surface area contributed by atoms with E-state index in [0.717, 1.165) is 16.9 Å². The van der Waals surface area contributed by atoms with Gasteiger partial charge in [0.25, 0.3) is 0 Å². The molecule has 2 aliphatic carbocycles. The Kier molecular flexibility index (Phi) is 5.16. The van der Waals surface area contributed by atoms with Crippen molar-refractivity contribution in [3.05, 3.63) is 29.3 Å². The molecule has 2 saturated carbocycles. The molecule has 8 heteroatoms. The predicted molar refractivity (Wildman–Crippen MR) is 107 cm³/mol. The van der Waals surface area contributed by atoms with Gasteiger partial charge in [-0.05, 0) is 67.6 Å². The lowest BCUT2D eigenvalue weighted by Crippen LogP contribution is -2.54. The van der Waals surface area contributed by atoms with Crippen molar-refractivity contribution in [3.63, 3.8) is 0 Å². The highest BCUT2D eigenvalue weighted by molar-refractivity contribution is 7.89. The highest BCUT2D eigenvalue weighted by Crippen LogP contribution is 2.44. The number of nitrogens with zero attached hydrogens (tertiary/aromatic N) is 2. The minimum atomic E-state index is -3.47. The van der Waals surface area contributed by atoms with Crippen LogP contribution in [0.5, 0.6) is 0 Å². The van der Waals surface area contributed by atoms with Crippen molar-refractivity contribution >= 4 is 39.0 Å². The predicted octanol–water partition coefficient (Wildman–Crippen LogP) is 2.71. The smallest absolute Gasteiger partial charge is 0.243 e. The molecule has 2 bridgehead atoms. The van der Waals surface area contributed by atoms with Crippen LogP contribution >= 0.6 is 23.8 Å². The quantitative estimate of drug-likeness (QED) is 0.772. The summed E-state index contributed by atoms with van der Waals surface area (Å²) in [6.07, 6.45) is 5.26. The van der Waals surface area contributed by atoms with E-state index >= 15 is 0 Å². The van der Waals surface area contributed by atoms with Gasteiger partial charge in [0.2, 0.25) is 10.0 Å². The molecule has 1 aromatic carbocycles.